The van der Waals surface area contributed by atoms with Gasteiger partial charge in [-0.25, -0.2) is 4.98 Å². The molecular weight excluding hydrogens is 320 g/mol. The van der Waals surface area contributed by atoms with E-state index in [0.29, 0.717) is 12.5 Å². The third-order valence-electron chi connectivity index (χ3n) is 4.53. The molecule has 0 bridgehead atoms. The van der Waals surface area contributed by atoms with E-state index >= 15 is 0 Å². The number of ether oxygens (including phenoxy) is 2. The van der Waals surface area contributed by atoms with Crippen molar-refractivity contribution in [2.75, 3.05) is 37.9 Å². The van der Waals surface area contributed by atoms with Crippen LogP contribution in [0.25, 0.3) is 0 Å². The van der Waals surface area contributed by atoms with Gasteiger partial charge in [-0.3, -0.25) is 9.69 Å². The maximum Gasteiger partial charge on any atom is 0.267 e. The van der Waals surface area contributed by atoms with Crippen LogP contribution in [0.3, 0.4) is 0 Å². The normalized spacial score (nSPS) is 16.9. The van der Waals surface area contributed by atoms with E-state index in [1.807, 2.05) is 24.3 Å². The number of carbonyl (C=O) groups is 1. The molecule has 1 aromatic carbocycles. The molecule has 130 valence electrons. The highest BCUT2D eigenvalue weighted by molar-refractivity contribution is 5.91. The van der Waals surface area contributed by atoms with Gasteiger partial charge < -0.3 is 20.1 Å². The van der Waals surface area contributed by atoms with Gasteiger partial charge in [0.15, 0.2) is 11.5 Å². The number of aromatic nitrogens is 1. The average molecular weight is 340 g/mol. The van der Waals surface area contributed by atoms with Gasteiger partial charge in [-0.15, -0.1) is 0 Å². The predicted molar refractivity (Wildman–Crippen MR) is 92.8 cm³/mol. The molecule has 0 saturated carbocycles. The molecule has 7 heteroatoms. The lowest BCUT2D eigenvalue weighted by Gasteiger charge is -2.35. The van der Waals surface area contributed by atoms with Crippen molar-refractivity contribution in [1.29, 1.82) is 0 Å². The second-order valence-electron chi connectivity index (χ2n) is 6.20. The quantitative estimate of drug-likeness (QED) is 0.902. The number of nitrogens with zero attached hydrogens (tertiary/aromatic N) is 3. The van der Waals surface area contributed by atoms with Gasteiger partial charge in [0.2, 0.25) is 6.79 Å². The number of fused-ring (bicyclic) bond motifs is 1. The Hall–Kier alpha value is -2.80. The topological polar surface area (TPSA) is 80.9 Å². The Morgan fingerprint density at radius 1 is 1.08 bits per heavy atom. The summed E-state index contributed by atoms with van der Waals surface area (Å²) in [5, 5.41) is 0. The summed E-state index contributed by atoms with van der Waals surface area (Å²) in [5.41, 5.74) is 6.83. The van der Waals surface area contributed by atoms with Crippen LogP contribution < -0.4 is 20.1 Å². The predicted octanol–water partition coefficient (Wildman–Crippen LogP) is 1.23. The molecule has 2 aromatic rings. The lowest BCUT2D eigenvalue weighted by Crippen LogP contribution is -2.46. The maximum absolute atomic E-state index is 11.3. The molecular formula is C18H20N4O3. The van der Waals surface area contributed by atoms with Crippen LogP contribution in [0.15, 0.2) is 36.4 Å². The van der Waals surface area contributed by atoms with E-state index in [2.05, 4.69) is 20.9 Å². The van der Waals surface area contributed by atoms with Gasteiger partial charge in [0.25, 0.3) is 5.91 Å². The van der Waals surface area contributed by atoms with Gasteiger partial charge in [0, 0.05) is 32.7 Å². The third kappa shape index (κ3) is 3.36. The summed E-state index contributed by atoms with van der Waals surface area (Å²) in [6.45, 7) is 4.75. The van der Waals surface area contributed by atoms with E-state index in [9.17, 15) is 4.79 Å². The largest absolute Gasteiger partial charge is 0.454 e. The molecule has 2 aliphatic heterocycles. The van der Waals surface area contributed by atoms with Crippen molar-refractivity contribution in [3.05, 3.63) is 47.7 Å². The Morgan fingerprint density at radius 3 is 2.68 bits per heavy atom. The Kier molecular flexibility index (Phi) is 4.15. The van der Waals surface area contributed by atoms with Crippen LogP contribution >= 0.6 is 0 Å². The fraction of sp³-hybridized carbons (Fsp3) is 0.333. The molecule has 7 nitrogen and oxygen atoms in total. The standard InChI is InChI=1S/C18H20N4O3/c19-18(23)14-2-1-3-17(20-14)22-8-6-21(7-9-22)11-13-4-5-15-16(10-13)25-12-24-15/h1-5,10H,6-9,11-12H2,(H2,19,23). The van der Waals surface area contributed by atoms with E-state index in [-0.39, 0.29) is 0 Å². The number of anilines is 1. The van der Waals surface area contributed by atoms with Crippen molar-refractivity contribution in [2.45, 2.75) is 6.54 Å². The molecule has 0 unspecified atom stereocenters. The summed E-state index contributed by atoms with van der Waals surface area (Å²) in [5.74, 6) is 1.94. The molecule has 3 heterocycles. The number of carbonyl (C=O) groups excluding carboxylic acids is 1. The molecule has 0 atom stereocenters. The number of pyridine rings is 1. The summed E-state index contributed by atoms with van der Waals surface area (Å²) < 4.78 is 10.8. The maximum atomic E-state index is 11.3. The average Bonchev–Trinajstić information content (AvgIpc) is 3.10. The minimum Gasteiger partial charge on any atom is -0.454 e. The van der Waals surface area contributed by atoms with Crippen molar-refractivity contribution in [1.82, 2.24) is 9.88 Å². The smallest absolute Gasteiger partial charge is 0.267 e. The molecule has 0 spiro atoms. The highest BCUT2D eigenvalue weighted by Gasteiger charge is 2.20. The monoisotopic (exact) mass is 340 g/mol. The highest BCUT2D eigenvalue weighted by atomic mass is 16.7. The number of amides is 1. The van der Waals surface area contributed by atoms with Crippen LogP contribution in [0.1, 0.15) is 16.1 Å². The summed E-state index contributed by atoms with van der Waals surface area (Å²) in [6.07, 6.45) is 0. The second kappa shape index (κ2) is 6.60. The van der Waals surface area contributed by atoms with Gasteiger partial charge in [0.05, 0.1) is 0 Å². The lowest BCUT2D eigenvalue weighted by atomic mass is 10.1. The molecule has 2 N–H and O–H groups in total. The van der Waals surface area contributed by atoms with Gasteiger partial charge in [-0.1, -0.05) is 12.1 Å². The molecule has 25 heavy (non-hydrogen) atoms. The van der Waals surface area contributed by atoms with Crippen molar-refractivity contribution >= 4 is 11.7 Å². The molecule has 4 rings (SSSR count). The van der Waals surface area contributed by atoms with E-state index < -0.39 is 5.91 Å². The number of nitrogens with two attached hydrogens (primary N) is 1. The number of hydrogen-bond acceptors (Lipinski definition) is 6. The molecule has 1 amide bonds. The van der Waals surface area contributed by atoms with E-state index in [0.717, 1.165) is 50.0 Å². The van der Waals surface area contributed by atoms with E-state index in [4.69, 9.17) is 15.2 Å². The zero-order chi connectivity index (χ0) is 17.2. The first kappa shape index (κ1) is 15.7. The number of piperazine rings is 1. The zero-order valence-electron chi connectivity index (χ0n) is 13.9. The molecule has 0 aliphatic carbocycles. The van der Waals surface area contributed by atoms with Crippen LogP contribution in [-0.2, 0) is 6.54 Å². The Morgan fingerprint density at radius 2 is 1.88 bits per heavy atom. The SMILES string of the molecule is NC(=O)c1cccc(N2CCN(Cc3ccc4c(c3)OCO4)CC2)n1. The summed E-state index contributed by atoms with van der Waals surface area (Å²) >= 11 is 0. The number of hydrogen-bond donors (Lipinski definition) is 1. The minimum atomic E-state index is -0.497. The molecule has 0 radical (unpaired) electrons. The van der Waals surface area contributed by atoms with Crippen molar-refractivity contribution in [3.8, 4) is 11.5 Å². The van der Waals surface area contributed by atoms with E-state index in [1.165, 1.54) is 5.56 Å². The molecule has 2 aliphatic rings. The van der Waals surface area contributed by atoms with Crippen molar-refractivity contribution < 1.29 is 14.3 Å². The first-order valence-corrected chi connectivity index (χ1v) is 8.32. The summed E-state index contributed by atoms with van der Waals surface area (Å²) in [7, 11) is 0. The zero-order valence-corrected chi connectivity index (χ0v) is 13.9. The number of benzene rings is 1. The van der Waals surface area contributed by atoms with Crippen molar-refractivity contribution in [3.63, 3.8) is 0 Å². The fourth-order valence-electron chi connectivity index (χ4n) is 3.17. The molecule has 1 fully saturated rings. The minimum absolute atomic E-state index is 0.300. The van der Waals surface area contributed by atoms with Crippen LogP contribution in [0.5, 0.6) is 11.5 Å². The molecule has 1 aromatic heterocycles. The lowest BCUT2D eigenvalue weighted by molar-refractivity contribution is 0.0995. The summed E-state index contributed by atoms with van der Waals surface area (Å²) in [6, 6.07) is 11.5. The van der Waals surface area contributed by atoms with Gasteiger partial charge in [-0.2, -0.15) is 0 Å². The van der Waals surface area contributed by atoms with Gasteiger partial charge in [0.1, 0.15) is 11.5 Å². The van der Waals surface area contributed by atoms with Crippen molar-refractivity contribution in [2.24, 2.45) is 5.73 Å². The van der Waals surface area contributed by atoms with Crippen LogP contribution in [0, 0.1) is 0 Å². The Bertz CT molecular complexity index is 788. The first-order chi connectivity index (χ1) is 12.2. The van der Waals surface area contributed by atoms with Gasteiger partial charge >= 0.3 is 0 Å². The van der Waals surface area contributed by atoms with Crippen LogP contribution in [0.4, 0.5) is 5.82 Å². The van der Waals surface area contributed by atoms with Gasteiger partial charge in [-0.05, 0) is 29.8 Å². The first-order valence-electron chi connectivity index (χ1n) is 8.32. The number of primary amides is 1. The fourth-order valence-corrected chi connectivity index (χ4v) is 3.17. The summed E-state index contributed by atoms with van der Waals surface area (Å²) in [4.78, 5) is 20.2. The third-order valence-corrected chi connectivity index (χ3v) is 4.53. The second-order valence-corrected chi connectivity index (χ2v) is 6.20. The molecule has 1 saturated heterocycles. The van der Waals surface area contributed by atoms with Crippen LogP contribution in [-0.4, -0.2) is 48.8 Å². The highest BCUT2D eigenvalue weighted by Crippen LogP contribution is 2.32. The van der Waals surface area contributed by atoms with E-state index in [1.54, 1.807) is 6.07 Å². The Labute approximate surface area is 145 Å². The Balaban J connectivity index is 1.37. The number of rotatable bonds is 4. The van der Waals surface area contributed by atoms with Crippen LogP contribution in [0.2, 0.25) is 0 Å².